The van der Waals surface area contributed by atoms with Crippen LogP contribution in [0, 0.1) is 17.0 Å². The Morgan fingerprint density at radius 1 is 1.44 bits per heavy atom. The van der Waals surface area contributed by atoms with E-state index in [-0.39, 0.29) is 12.2 Å². The van der Waals surface area contributed by atoms with Gasteiger partial charge in [-0.15, -0.1) is 0 Å². The molecule has 0 aliphatic heterocycles. The number of anilines is 1. The van der Waals surface area contributed by atoms with E-state index in [4.69, 9.17) is 5.11 Å². The van der Waals surface area contributed by atoms with Gasteiger partial charge in [-0.25, -0.2) is 8.78 Å². The third kappa shape index (κ3) is 2.92. The Bertz CT molecular complexity index is 405. The molecule has 0 fully saturated rings. The molecular weight excluding hydrogens is 216 g/mol. The van der Waals surface area contributed by atoms with E-state index in [0.717, 1.165) is 12.1 Å². The second-order valence-electron chi connectivity index (χ2n) is 4.17. The summed E-state index contributed by atoms with van der Waals surface area (Å²) < 4.78 is 25.8. The maximum atomic E-state index is 13.2. The first kappa shape index (κ1) is 12.4. The third-order valence-corrected chi connectivity index (χ3v) is 2.23. The van der Waals surface area contributed by atoms with Gasteiger partial charge in [-0.2, -0.15) is 0 Å². The average molecular weight is 229 g/mol. The van der Waals surface area contributed by atoms with Crippen LogP contribution < -0.4 is 5.32 Å². The number of benzene rings is 1. The summed E-state index contributed by atoms with van der Waals surface area (Å²) in [6.45, 7) is 3.10. The van der Waals surface area contributed by atoms with Crippen molar-refractivity contribution >= 4 is 11.7 Å². The highest BCUT2D eigenvalue weighted by Crippen LogP contribution is 2.19. The zero-order valence-electron chi connectivity index (χ0n) is 9.05. The molecule has 0 bridgehead atoms. The minimum atomic E-state index is -1.01. The lowest BCUT2D eigenvalue weighted by atomic mass is 9.94. The minimum absolute atomic E-state index is 0.0604. The number of rotatable bonds is 4. The Morgan fingerprint density at radius 3 is 2.56 bits per heavy atom. The van der Waals surface area contributed by atoms with Gasteiger partial charge in [0, 0.05) is 12.6 Å². The molecule has 0 aliphatic rings. The molecule has 0 radical (unpaired) electrons. The summed E-state index contributed by atoms with van der Waals surface area (Å²) in [6.07, 6.45) is 0. The monoisotopic (exact) mass is 229 g/mol. The van der Waals surface area contributed by atoms with Crippen LogP contribution in [0.25, 0.3) is 0 Å². The summed E-state index contributed by atoms with van der Waals surface area (Å²) in [5, 5.41) is 11.5. The molecule has 1 aromatic carbocycles. The van der Waals surface area contributed by atoms with Crippen LogP contribution >= 0.6 is 0 Å². The third-order valence-electron chi connectivity index (χ3n) is 2.23. The molecule has 0 atom stereocenters. The Kier molecular flexibility index (Phi) is 3.47. The van der Waals surface area contributed by atoms with Gasteiger partial charge in [0.05, 0.1) is 11.1 Å². The molecule has 0 spiro atoms. The van der Waals surface area contributed by atoms with Crippen LogP contribution in [-0.2, 0) is 4.79 Å². The molecule has 2 N–H and O–H groups in total. The second kappa shape index (κ2) is 4.47. The zero-order chi connectivity index (χ0) is 12.3. The van der Waals surface area contributed by atoms with Crippen LogP contribution in [0.3, 0.4) is 0 Å². The molecule has 0 heterocycles. The number of aliphatic carboxylic acids is 1. The molecule has 0 amide bonds. The summed E-state index contributed by atoms with van der Waals surface area (Å²) in [5.74, 6) is -2.38. The minimum Gasteiger partial charge on any atom is -0.481 e. The van der Waals surface area contributed by atoms with Crippen molar-refractivity contribution in [3.8, 4) is 0 Å². The highest BCUT2D eigenvalue weighted by molar-refractivity contribution is 5.74. The van der Waals surface area contributed by atoms with Gasteiger partial charge in [0.25, 0.3) is 0 Å². The van der Waals surface area contributed by atoms with Gasteiger partial charge in [-0.05, 0) is 26.0 Å². The molecule has 1 rings (SSSR count). The maximum Gasteiger partial charge on any atom is 0.310 e. The predicted octanol–water partition coefficient (Wildman–Crippen LogP) is 2.49. The van der Waals surface area contributed by atoms with Crippen LogP contribution in [0.2, 0.25) is 0 Å². The summed E-state index contributed by atoms with van der Waals surface area (Å²) >= 11 is 0. The fraction of sp³-hybridized carbons (Fsp3) is 0.364. The lowest BCUT2D eigenvalue weighted by molar-refractivity contribution is -0.146. The van der Waals surface area contributed by atoms with E-state index >= 15 is 0 Å². The van der Waals surface area contributed by atoms with Gasteiger partial charge in [-0.1, -0.05) is 0 Å². The molecule has 1 aromatic rings. The quantitative estimate of drug-likeness (QED) is 0.833. The van der Waals surface area contributed by atoms with Crippen LogP contribution in [-0.4, -0.2) is 17.6 Å². The number of nitrogens with one attached hydrogen (secondary N) is 1. The van der Waals surface area contributed by atoms with E-state index in [1.165, 1.54) is 19.9 Å². The van der Waals surface area contributed by atoms with Gasteiger partial charge in [-0.3, -0.25) is 4.79 Å². The van der Waals surface area contributed by atoms with E-state index in [1.807, 2.05) is 0 Å². The van der Waals surface area contributed by atoms with E-state index in [9.17, 15) is 13.6 Å². The van der Waals surface area contributed by atoms with Crippen LogP contribution in [0.1, 0.15) is 13.8 Å². The molecule has 0 unspecified atom stereocenters. The molecule has 16 heavy (non-hydrogen) atoms. The van der Waals surface area contributed by atoms with Crippen LogP contribution in [0.4, 0.5) is 14.5 Å². The normalized spacial score (nSPS) is 11.2. The predicted molar refractivity (Wildman–Crippen MR) is 56.3 cm³/mol. The topological polar surface area (TPSA) is 49.3 Å². The first-order chi connectivity index (χ1) is 7.33. The molecule has 0 saturated heterocycles. The van der Waals surface area contributed by atoms with Crippen molar-refractivity contribution in [2.45, 2.75) is 13.8 Å². The van der Waals surface area contributed by atoms with Crippen molar-refractivity contribution in [3.05, 3.63) is 29.8 Å². The first-order valence-electron chi connectivity index (χ1n) is 4.75. The molecule has 0 saturated carbocycles. The van der Waals surface area contributed by atoms with E-state index < -0.39 is 23.0 Å². The van der Waals surface area contributed by atoms with Gasteiger partial charge in [0.15, 0.2) is 0 Å². The highest BCUT2D eigenvalue weighted by Gasteiger charge is 2.26. The Labute approximate surface area is 92.1 Å². The molecule has 0 aromatic heterocycles. The number of carbonyl (C=O) groups is 1. The summed E-state index contributed by atoms with van der Waals surface area (Å²) in [4.78, 5) is 10.8. The standard InChI is InChI=1S/C11H13F2NO2/c1-11(2,10(15)16)6-14-9-4-3-7(12)5-8(9)13/h3-5,14H,6H2,1-2H3,(H,15,16). The largest absolute Gasteiger partial charge is 0.481 e. The van der Waals surface area contributed by atoms with Crippen molar-refractivity contribution in [1.29, 1.82) is 0 Å². The first-order valence-corrected chi connectivity index (χ1v) is 4.75. The molecule has 5 heteroatoms. The maximum absolute atomic E-state index is 13.2. The highest BCUT2D eigenvalue weighted by atomic mass is 19.1. The molecule has 88 valence electrons. The van der Waals surface area contributed by atoms with Crippen LogP contribution in [0.5, 0.6) is 0 Å². The van der Waals surface area contributed by atoms with Crippen molar-refractivity contribution in [2.75, 3.05) is 11.9 Å². The number of halogens is 2. The van der Waals surface area contributed by atoms with Crippen molar-refractivity contribution in [3.63, 3.8) is 0 Å². The molecule has 0 aliphatic carbocycles. The van der Waals surface area contributed by atoms with Crippen molar-refractivity contribution in [1.82, 2.24) is 0 Å². The number of hydrogen-bond acceptors (Lipinski definition) is 2. The van der Waals surface area contributed by atoms with Gasteiger partial charge >= 0.3 is 5.97 Å². The zero-order valence-corrected chi connectivity index (χ0v) is 9.05. The van der Waals surface area contributed by atoms with Crippen molar-refractivity contribution in [2.24, 2.45) is 5.41 Å². The number of carboxylic acids is 1. The lowest BCUT2D eigenvalue weighted by Gasteiger charge is -2.20. The Morgan fingerprint density at radius 2 is 2.06 bits per heavy atom. The molecular formula is C11H13F2NO2. The average Bonchev–Trinajstić information content (AvgIpc) is 2.16. The fourth-order valence-corrected chi connectivity index (χ4v) is 1.02. The SMILES string of the molecule is CC(C)(CNc1ccc(F)cc1F)C(=O)O. The smallest absolute Gasteiger partial charge is 0.310 e. The summed E-state index contributed by atoms with van der Waals surface area (Å²) in [7, 11) is 0. The summed E-state index contributed by atoms with van der Waals surface area (Å²) in [5.41, 5.74) is -0.920. The van der Waals surface area contributed by atoms with E-state index in [1.54, 1.807) is 0 Å². The fourth-order valence-electron chi connectivity index (χ4n) is 1.02. The van der Waals surface area contributed by atoms with E-state index in [0.29, 0.717) is 0 Å². The number of hydrogen-bond donors (Lipinski definition) is 2. The van der Waals surface area contributed by atoms with Gasteiger partial charge in [0.1, 0.15) is 11.6 Å². The Balaban J connectivity index is 2.72. The Hall–Kier alpha value is -1.65. The van der Waals surface area contributed by atoms with Gasteiger partial charge in [0.2, 0.25) is 0 Å². The lowest BCUT2D eigenvalue weighted by Crippen LogP contribution is -2.31. The number of carboxylic acid groups (broad SMARTS) is 1. The van der Waals surface area contributed by atoms with Crippen molar-refractivity contribution < 1.29 is 18.7 Å². The van der Waals surface area contributed by atoms with E-state index in [2.05, 4.69) is 5.32 Å². The summed E-state index contributed by atoms with van der Waals surface area (Å²) in [6, 6.07) is 3.10. The van der Waals surface area contributed by atoms with Gasteiger partial charge < -0.3 is 10.4 Å². The second-order valence-corrected chi connectivity index (χ2v) is 4.17. The molecule has 3 nitrogen and oxygen atoms in total. The van der Waals surface area contributed by atoms with Crippen LogP contribution in [0.15, 0.2) is 18.2 Å².